The third kappa shape index (κ3) is 7.04. The number of benzene rings is 1. The van der Waals surface area contributed by atoms with Gasteiger partial charge in [-0.1, -0.05) is 45.0 Å². The van der Waals surface area contributed by atoms with Crippen LogP contribution >= 0.6 is 24.0 Å². The largest absolute Gasteiger partial charge is 0.379 e. The highest BCUT2D eigenvalue weighted by atomic mass is 127. The molecule has 1 aliphatic rings. The molecule has 5 nitrogen and oxygen atoms in total. The number of nitrogens with one attached hydrogen (secondary N) is 2. The predicted octanol–water partition coefficient (Wildman–Crippen LogP) is 2.89. The van der Waals surface area contributed by atoms with Crippen molar-refractivity contribution in [3.05, 3.63) is 35.4 Å². The van der Waals surface area contributed by atoms with Gasteiger partial charge in [-0.25, -0.2) is 0 Å². The van der Waals surface area contributed by atoms with E-state index in [4.69, 9.17) is 4.74 Å². The zero-order valence-electron chi connectivity index (χ0n) is 16.6. The number of rotatable bonds is 7. The number of halogens is 1. The van der Waals surface area contributed by atoms with E-state index >= 15 is 0 Å². The summed E-state index contributed by atoms with van der Waals surface area (Å²) in [4.78, 5) is 6.91. The summed E-state index contributed by atoms with van der Waals surface area (Å²) in [6, 6.07) is 9.07. The molecule has 1 aromatic rings. The first kappa shape index (κ1) is 23.2. The molecule has 0 radical (unpaired) electrons. The van der Waals surface area contributed by atoms with Crippen molar-refractivity contribution >= 4 is 29.9 Å². The molecule has 148 valence electrons. The van der Waals surface area contributed by atoms with Crippen LogP contribution in [0.4, 0.5) is 0 Å². The molecule has 1 fully saturated rings. The van der Waals surface area contributed by atoms with Gasteiger partial charge in [-0.3, -0.25) is 9.89 Å². The third-order valence-corrected chi connectivity index (χ3v) is 4.93. The zero-order chi connectivity index (χ0) is 18.1. The van der Waals surface area contributed by atoms with Crippen LogP contribution in [0.5, 0.6) is 0 Å². The van der Waals surface area contributed by atoms with Crippen LogP contribution in [0.3, 0.4) is 0 Å². The Balaban J connectivity index is 0.00000338. The number of hydrogen-bond acceptors (Lipinski definition) is 3. The molecule has 6 heteroatoms. The third-order valence-electron chi connectivity index (χ3n) is 4.93. The Morgan fingerprint density at radius 1 is 1.15 bits per heavy atom. The molecule has 2 rings (SSSR count). The van der Waals surface area contributed by atoms with E-state index in [0.29, 0.717) is 12.0 Å². The van der Waals surface area contributed by atoms with E-state index in [1.54, 1.807) is 0 Å². The van der Waals surface area contributed by atoms with Crippen molar-refractivity contribution in [2.24, 2.45) is 10.9 Å². The quantitative estimate of drug-likeness (QED) is 0.363. The number of morpholine rings is 1. The van der Waals surface area contributed by atoms with Gasteiger partial charge in [0.2, 0.25) is 0 Å². The van der Waals surface area contributed by atoms with Crippen LogP contribution in [0.25, 0.3) is 0 Å². The molecule has 1 aromatic carbocycles. The Morgan fingerprint density at radius 2 is 1.81 bits per heavy atom. The second-order valence-electron chi connectivity index (χ2n) is 6.89. The summed E-state index contributed by atoms with van der Waals surface area (Å²) in [5, 5.41) is 6.97. The second-order valence-corrected chi connectivity index (χ2v) is 6.89. The highest BCUT2D eigenvalue weighted by Crippen LogP contribution is 2.12. The summed E-state index contributed by atoms with van der Waals surface area (Å²) in [5.41, 5.74) is 2.72. The van der Waals surface area contributed by atoms with Gasteiger partial charge >= 0.3 is 0 Å². The van der Waals surface area contributed by atoms with Crippen molar-refractivity contribution in [3.63, 3.8) is 0 Å². The SMILES string of the molecule is CCc1ccccc1CNC(=NC)NCC(C(C)C)N1CCOCC1.I. The number of aryl methyl sites for hydroxylation is 1. The summed E-state index contributed by atoms with van der Waals surface area (Å²) >= 11 is 0. The maximum Gasteiger partial charge on any atom is 0.191 e. The molecule has 1 saturated heterocycles. The number of nitrogens with zero attached hydrogens (tertiary/aromatic N) is 2. The van der Waals surface area contributed by atoms with Crippen molar-refractivity contribution < 1.29 is 4.74 Å². The fraction of sp³-hybridized carbons (Fsp3) is 0.650. The summed E-state index contributed by atoms with van der Waals surface area (Å²) in [5.74, 6) is 1.45. The van der Waals surface area contributed by atoms with Crippen LogP contribution in [-0.2, 0) is 17.7 Å². The van der Waals surface area contributed by atoms with Gasteiger partial charge in [-0.05, 0) is 23.5 Å². The smallest absolute Gasteiger partial charge is 0.191 e. The lowest BCUT2D eigenvalue weighted by atomic mass is 10.0. The van der Waals surface area contributed by atoms with Crippen molar-refractivity contribution in [1.29, 1.82) is 0 Å². The summed E-state index contributed by atoms with van der Waals surface area (Å²) in [6.07, 6.45) is 1.05. The van der Waals surface area contributed by atoms with Gasteiger partial charge in [0.25, 0.3) is 0 Å². The minimum atomic E-state index is 0. The zero-order valence-corrected chi connectivity index (χ0v) is 19.0. The topological polar surface area (TPSA) is 48.9 Å². The first-order valence-electron chi connectivity index (χ1n) is 9.48. The van der Waals surface area contributed by atoms with Crippen molar-refractivity contribution in [3.8, 4) is 0 Å². The number of ether oxygens (including phenoxy) is 1. The van der Waals surface area contributed by atoms with Gasteiger partial charge in [0.1, 0.15) is 0 Å². The van der Waals surface area contributed by atoms with Crippen molar-refractivity contribution in [2.75, 3.05) is 39.9 Å². The standard InChI is InChI=1S/C20H34N4O.HI/c1-5-17-8-6-7-9-18(17)14-22-20(21-4)23-15-19(16(2)3)24-10-12-25-13-11-24;/h6-9,16,19H,5,10-15H2,1-4H3,(H2,21,22,23);1H. The summed E-state index contributed by atoms with van der Waals surface area (Å²) < 4.78 is 5.49. The van der Waals surface area contributed by atoms with E-state index in [-0.39, 0.29) is 24.0 Å². The lowest BCUT2D eigenvalue weighted by Crippen LogP contribution is -2.52. The van der Waals surface area contributed by atoms with Gasteiger partial charge in [-0.15, -0.1) is 24.0 Å². The molecule has 0 bridgehead atoms. The van der Waals surface area contributed by atoms with Crippen LogP contribution in [0.1, 0.15) is 31.9 Å². The molecule has 1 heterocycles. The van der Waals surface area contributed by atoms with Crippen LogP contribution in [0, 0.1) is 5.92 Å². The molecule has 1 unspecified atom stereocenters. The Labute approximate surface area is 176 Å². The first-order chi connectivity index (χ1) is 12.2. The monoisotopic (exact) mass is 474 g/mol. The molecule has 26 heavy (non-hydrogen) atoms. The minimum Gasteiger partial charge on any atom is -0.379 e. The average molecular weight is 474 g/mol. The molecule has 0 saturated carbocycles. The minimum absolute atomic E-state index is 0. The van der Waals surface area contributed by atoms with Crippen LogP contribution < -0.4 is 10.6 Å². The van der Waals surface area contributed by atoms with Crippen LogP contribution in [0.2, 0.25) is 0 Å². The number of aliphatic imine (C=N–C) groups is 1. The molecular weight excluding hydrogens is 439 g/mol. The van der Waals surface area contributed by atoms with Gasteiger partial charge in [0.15, 0.2) is 5.96 Å². The Hall–Kier alpha value is -0.860. The van der Waals surface area contributed by atoms with Crippen LogP contribution in [-0.4, -0.2) is 56.8 Å². The molecule has 0 aromatic heterocycles. The van der Waals surface area contributed by atoms with Gasteiger partial charge < -0.3 is 15.4 Å². The fourth-order valence-corrected chi connectivity index (χ4v) is 3.37. The van der Waals surface area contributed by atoms with Gasteiger partial charge in [-0.2, -0.15) is 0 Å². The normalized spacial score (nSPS) is 16.9. The number of guanidine groups is 1. The Bertz CT molecular complexity index is 544. The molecule has 2 N–H and O–H groups in total. The molecular formula is C20H35IN4O. The first-order valence-corrected chi connectivity index (χ1v) is 9.48. The molecule has 0 amide bonds. The predicted molar refractivity (Wildman–Crippen MR) is 120 cm³/mol. The maximum atomic E-state index is 5.49. The van der Waals surface area contributed by atoms with E-state index in [9.17, 15) is 0 Å². The second kappa shape index (κ2) is 12.5. The van der Waals surface area contributed by atoms with Crippen molar-refractivity contribution in [2.45, 2.75) is 39.8 Å². The van der Waals surface area contributed by atoms with E-state index in [2.05, 4.69) is 65.6 Å². The molecule has 1 atom stereocenters. The van der Waals surface area contributed by atoms with E-state index in [1.807, 2.05) is 7.05 Å². The average Bonchev–Trinajstić information content (AvgIpc) is 2.65. The highest BCUT2D eigenvalue weighted by molar-refractivity contribution is 14.0. The molecule has 0 spiro atoms. The van der Waals surface area contributed by atoms with E-state index in [0.717, 1.165) is 51.8 Å². The fourth-order valence-electron chi connectivity index (χ4n) is 3.37. The molecule has 0 aliphatic carbocycles. The Morgan fingerprint density at radius 3 is 2.38 bits per heavy atom. The maximum absolute atomic E-state index is 5.49. The highest BCUT2D eigenvalue weighted by Gasteiger charge is 2.23. The van der Waals surface area contributed by atoms with Crippen molar-refractivity contribution in [1.82, 2.24) is 15.5 Å². The van der Waals surface area contributed by atoms with Crippen LogP contribution in [0.15, 0.2) is 29.3 Å². The van der Waals surface area contributed by atoms with E-state index < -0.39 is 0 Å². The summed E-state index contributed by atoms with van der Waals surface area (Å²) in [7, 11) is 1.83. The lowest BCUT2D eigenvalue weighted by molar-refractivity contribution is 0.00752. The lowest BCUT2D eigenvalue weighted by Gasteiger charge is -2.37. The Kier molecular flexibility index (Phi) is 11.2. The molecule has 1 aliphatic heterocycles. The summed E-state index contributed by atoms with van der Waals surface area (Å²) in [6.45, 7) is 12.2. The van der Waals surface area contributed by atoms with Gasteiger partial charge in [0.05, 0.1) is 13.2 Å². The number of hydrogen-bond donors (Lipinski definition) is 2. The van der Waals surface area contributed by atoms with Gasteiger partial charge in [0, 0.05) is 39.3 Å². The van der Waals surface area contributed by atoms with E-state index in [1.165, 1.54) is 11.1 Å².